The largest absolute Gasteiger partial charge is 0.491 e. The van der Waals surface area contributed by atoms with Crippen LogP contribution >= 0.6 is 15.9 Å². The van der Waals surface area contributed by atoms with Gasteiger partial charge < -0.3 is 15.8 Å². The molecule has 1 atom stereocenters. The summed E-state index contributed by atoms with van der Waals surface area (Å²) in [7, 11) is 0. The van der Waals surface area contributed by atoms with Gasteiger partial charge in [0.25, 0.3) is 0 Å². The van der Waals surface area contributed by atoms with Gasteiger partial charge in [-0.1, -0.05) is 32.9 Å². The average molecular weight is 343 g/mol. The Bertz CT molecular complexity index is 449. The van der Waals surface area contributed by atoms with Crippen molar-refractivity contribution in [1.82, 2.24) is 5.32 Å². The molecule has 0 aromatic heterocycles. The molecular weight excluding hydrogens is 320 g/mol. The molecule has 0 radical (unpaired) electrons. The van der Waals surface area contributed by atoms with E-state index >= 15 is 0 Å². The predicted molar refractivity (Wildman–Crippen MR) is 84.5 cm³/mol. The number of benzene rings is 1. The Morgan fingerprint density at radius 3 is 2.70 bits per heavy atom. The Morgan fingerprint density at radius 1 is 1.40 bits per heavy atom. The van der Waals surface area contributed by atoms with E-state index in [2.05, 4.69) is 35.1 Å². The van der Waals surface area contributed by atoms with E-state index in [0.29, 0.717) is 5.92 Å². The van der Waals surface area contributed by atoms with Gasteiger partial charge in [0.15, 0.2) is 0 Å². The summed E-state index contributed by atoms with van der Waals surface area (Å²) in [6.07, 6.45) is 0. The van der Waals surface area contributed by atoms with Crippen molar-refractivity contribution in [3.05, 3.63) is 28.2 Å². The Labute approximate surface area is 129 Å². The summed E-state index contributed by atoms with van der Waals surface area (Å²) in [6, 6.07) is 5.92. The van der Waals surface area contributed by atoms with E-state index in [1.54, 1.807) is 6.92 Å². The molecule has 3 N–H and O–H groups in total. The molecule has 4 nitrogen and oxygen atoms in total. The van der Waals surface area contributed by atoms with Gasteiger partial charge >= 0.3 is 0 Å². The highest BCUT2D eigenvalue weighted by atomic mass is 79.9. The van der Waals surface area contributed by atoms with Gasteiger partial charge in [-0.2, -0.15) is 0 Å². The molecule has 112 valence electrons. The van der Waals surface area contributed by atoms with Crippen LogP contribution in [0.5, 0.6) is 5.75 Å². The van der Waals surface area contributed by atoms with Gasteiger partial charge in [-0.15, -0.1) is 0 Å². The van der Waals surface area contributed by atoms with Gasteiger partial charge in [0.05, 0.1) is 17.0 Å². The molecule has 5 heteroatoms. The van der Waals surface area contributed by atoms with Crippen LogP contribution in [-0.2, 0) is 11.3 Å². The zero-order chi connectivity index (χ0) is 15.1. The van der Waals surface area contributed by atoms with E-state index in [1.807, 2.05) is 18.2 Å². The number of para-hydroxylation sites is 1. The fourth-order valence-electron chi connectivity index (χ4n) is 1.64. The van der Waals surface area contributed by atoms with Crippen LogP contribution in [0.15, 0.2) is 22.7 Å². The van der Waals surface area contributed by atoms with Crippen molar-refractivity contribution in [2.75, 3.05) is 13.2 Å². The number of rotatable bonds is 8. The number of hydrogen-bond donors (Lipinski definition) is 2. The van der Waals surface area contributed by atoms with Crippen LogP contribution in [0.3, 0.4) is 0 Å². The highest BCUT2D eigenvalue weighted by molar-refractivity contribution is 9.10. The number of nitrogens with one attached hydrogen (secondary N) is 1. The van der Waals surface area contributed by atoms with E-state index < -0.39 is 0 Å². The first-order valence-electron chi connectivity index (χ1n) is 6.82. The van der Waals surface area contributed by atoms with Crippen molar-refractivity contribution in [3.63, 3.8) is 0 Å². The zero-order valence-electron chi connectivity index (χ0n) is 12.3. The summed E-state index contributed by atoms with van der Waals surface area (Å²) >= 11 is 3.49. The summed E-state index contributed by atoms with van der Waals surface area (Å²) in [5.74, 6) is 0.716. The normalized spacial score (nSPS) is 12.4. The van der Waals surface area contributed by atoms with Gasteiger partial charge in [-0.3, -0.25) is 4.79 Å². The molecule has 1 aromatic carbocycles. The van der Waals surface area contributed by atoms with Crippen LogP contribution in [0.1, 0.15) is 26.3 Å². The van der Waals surface area contributed by atoms with Crippen molar-refractivity contribution in [2.45, 2.75) is 27.3 Å². The molecule has 1 amide bonds. The van der Waals surface area contributed by atoms with Gasteiger partial charge in [-0.05, 0) is 34.5 Å². The molecule has 1 aromatic rings. The zero-order valence-corrected chi connectivity index (χ0v) is 13.9. The number of ether oxygens (including phenoxy) is 1. The maximum atomic E-state index is 11.1. The monoisotopic (exact) mass is 342 g/mol. The van der Waals surface area contributed by atoms with Crippen LogP contribution in [-0.4, -0.2) is 19.1 Å². The first-order chi connectivity index (χ1) is 9.41. The third kappa shape index (κ3) is 5.51. The SMILES string of the molecule is CC(C)CNCc1cccc(Br)c1OCC(C)C(N)=O. The predicted octanol–water partition coefficient (Wildman–Crippen LogP) is 2.69. The van der Waals surface area contributed by atoms with Crippen molar-refractivity contribution in [2.24, 2.45) is 17.6 Å². The van der Waals surface area contributed by atoms with E-state index in [-0.39, 0.29) is 18.4 Å². The van der Waals surface area contributed by atoms with Crippen LogP contribution in [0.2, 0.25) is 0 Å². The lowest BCUT2D eigenvalue weighted by Crippen LogP contribution is -2.26. The molecule has 0 aliphatic carbocycles. The van der Waals surface area contributed by atoms with E-state index in [9.17, 15) is 4.79 Å². The number of hydrogen-bond acceptors (Lipinski definition) is 3. The minimum absolute atomic E-state index is 0.287. The number of carbonyl (C=O) groups excluding carboxylic acids is 1. The Hall–Kier alpha value is -1.07. The maximum absolute atomic E-state index is 11.1. The van der Waals surface area contributed by atoms with Crippen molar-refractivity contribution in [3.8, 4) is 5.75 Å². The van der Waals surface area contributed by atoms with Gasteiger partial charge in [-0.25, -0.2) is 0 Å². The number of nitrogens with two attached hydrogens (primary N) is 1. The molecular formula is C15H23BrN2O2. The topological polar surface area (TPSA) is 64.3 Å². The number of carbonyl (C=O) groups is 1. The van der Waals surface area contributed by atoms with E-state index in [0.717, 1.165) is 28.9 Å². The lowest BCUT2D eigenvalue weighted by atomic mass is 10.1. The number of halogens is 1. The van der Waals surface area contributed by atoms with E-state index in [1.165, 1.54) is 0 Å². The van der Waals surface area contributed by atoms with Crippen LogP contribution in [0.4, 0.5) is 0 Å². The third-order valence-electron chi connectivity index (χ3n) is 2.88. The molecule has 0 spiro atoms. The third-order valence-corrected chi connectivity index (χ3v) is 3.50. The molecule has 0 aliphatic heterocycles. The lowest BCUT2D eigenvalue weighted by molar-refractivity contribution is -0.122. The van der Waals surface area contributed by atoms with Gasteiger partial charge in [0.2, 0.25) is 5.91 Å². The van der Waals surface area contributed by atoms with E-state index in [4.69, 9.17) is 10.5 Å². The molecule has 0 bridgehead atoms. The summed E-state index contributed by atoms with van der Waals surface area (Å²) in [5.41, 5.74) is 6.31. The molecule has 0 saturated carbocycles. The molecule has 0 heterocycles. The summed E-state index contributed by atoms with van der Waals surface area (Å²) in [4.78, 5) is 11.1. The minimum Gasteiger partial charge on any atom is -0.491 e. The molecule has 20 heavy (non-hydrogen) atoms. The summed E-state index contributed by atoms with van der Waals surface area (Å²) in [6.45, 7) is 8.06. The molecule has 0 aliphatic rings. The molecule has 0 fully saturated rings. The number of primary amides is 1. The van der Waals surface area contributed by atoms with Crippen molar-refractivity contribution in [1.29, 1.82) is 0 Å². The quantitative estimate of drug-likeness (QED) is 0.763. The van der Waals surface area contributed by atoms with Gasteiger partial charge in [0.1, 0.15) is 5.75 Å². The molecule has 1 rings (SSSR count). The van der Waals surface area contributed by atoms with Crippen molar-refractivity contribution < 1.29 is 9.53 Å². The maximum Gasteiger partial charge on any atom is 0.223 e. The highest BCUT2D eigenvalue weighted by Crippen LogP contribution is 2.29. The number of amides is 1. The fourth-order valence-corrected chi connectivity index (χ4v) is 2.16. The van der Waals surface area contributed by atoms with Gasteiger partial charge in [0, 0.05) is 12.1 Å². The van der Waals surface area contributed by atoms with Crippen LogP contribution in [0.25, 0.3) is 0 Å². The molecule has 1 unspecified atom stereocenters. The summed E-state index contributed by atoms with van der Waals surface area (Å²) < 4.78 is 6.65. The first-order valence-corrected chi connectivity index (χ1v) is 7.61. The smallest absolute Gasteiger partial charge is 0.223 e. The average Bonchev–Trinajstić information content (AvgIpc) is 2.37. The van der Waals surface area contributed by atoms with Crippen LogP contribution in [0, 0.1) is 11.8 Å². The minimum atomic E-state index is -0.350. The second kappa shape index (κ2) is 8.27. The molecule has 0 saturated heterocycles. The van der Waals surface area contributed by atoms with Crippen LogP contribution < -0.4 is 15.8 Å². The van der Waals surface area contributed by atoms with Crippen molar-refractivity contribution >= 4 is 21.8 Å². The highest BCUT2D eigenvalue weighted by Gasteiger charge is 2.13. The second-order valence-corrected chi connectivity index (χ2v) is 6.22. The Kier molecular flexibility index (Phi) is 7.02. The lowest BCUT2D eigenvalue weighted by Gasteiger charge is -2.16. The Balaban J connectivity index is 2.70. The summed E-state index contributed by atoms with van der Waals surface area (Å²) in [5, 5.41) is 3.39. The second-order valence-electron chi connectivity index (χ2n) is 5.37. The first kappa shape index (κ1) is 17.0. The Morgan fingerprint density at radius 2 is 2.10 bits per heavy atom. The fraction of sp³-hybridized carbons (Fsp3) is 0.533. The standard InChI is InChI=1S/C15H23BrN2O2/c1-10(2)7-18-8-12-5-4-6-13(16)14(12)20-9-11(3)15(17)19/h4-6,10-11,18H,7-9H2,1-3H3,(H2,17,19).